The van der Waals surface area contributed by atoms with E-state index in [0.29, 0.717) is 39.9 Å². The third-order valence-corrected chi connectivity index (χ3v) is 4.37. The lowest BCUT2D eigenvalue weighted by Gasteiger charge is -2.13. The fourth-order valence-electron chi connectivity index (χ4n) is 2.75. The highest BCUT2D eigenvalue weighted by Crippen LogP contribution is 2.37. The van der Waals surface area contributed by atoms with Crippen LogP contribution in [0.3, 0.4) is 0 Å². The molecule has 2 aromatic carbocycles. The number of halogens is 1. The molecule has 1 heterocycles. The van der Waals surface area contributed by atoms with Crippen molar-refractivity contribution >= 4 is 41.1 Å². The Balaban J connectivity index is 1.86. The van der Waals surface area contributed by atoms with Gasteiger partial charge in [0.15, 0.2) is 17.2 Å². The standard InChI is InChI=1S/C23H21ClN2O5/c1-13(2)12-30-21-18(24)9-15(11-20(21)29-4)10-19-23(28)31-22(26-19)16-5-7-17(8-6-16)25-14(3)27/h5-11H,1,12H2,2-4H3,(H,25,27)/b19-10-. The summed E-state index contributed by atoms with van der Waals surface area (Å²) in [6.45, 7) is 7.36. The van der Waals surface area contributed by atoms with Gasteiger partial charge in [-0.15, -0.1) is 0 Å². The minimum absolute atomic E-state index is 0.120. The number of ether oxygens (including phenoxy) is 3. The Labute approximate surface area is 185 Å². The number of hydrogen-bond donors (Lipinski definition) is 1. The maximum Gasteiger partial charge on any atom is 0.363 e. The number of anilines is 1. The van der Waals surface area contributed by atoms with Crippen LogP contribution in [-0.4, -0.2) is 31.5 Å². The number of methoxy groups -OCH3 is 1. The van der Waals surface area contributed by atoms with Gasteiger partial charge in [0.1, 0.15) is 6.61 Å². The molecule has 3 rings (SSSR count). The highest BCUT2D eigenvalue weighted by molar-refractivity contribution is 6.32. The smallest absolute Gasteiger partial charge is 0.363 e. The number of hydrogen-bond acceptors (Lipinski definition) is 6. The Morgan fingerprint density at radius 3 is 2.58 bits per heavy atom. The zero-order chi connectivity index (χ0) is 22.5. The lowest BCUT2D eigenvalue weighted by atomic mass is 10.1. The van der Waals surface area contributed by atoms with Crippen LogP contribution >= 0.6 is 11.6 Å². The number of amides is 1. The molecule has 0 radical (unpaired) electrons. The normalized spacial score (nSPS) is 14.1. The number of nitrogens with zero attached hydrogens (tertiary/aromatic N) is 1. The summed E-state index contributed by atoms with van der Waals surface area (Å²) in [6, 6.07) is 10.1. The monoisotopic (exact) mass is 440 g/mol. The summed E-state index contributed by atoms with van der Waals surface area (Å²) >= 11 is 6.35. The van der Waals surface area contributed by atoms with Crippen molar-refractivity contribution in [2.45, 2.75) is 13.8 Å². The average molecular weight is 441 g/mol. The largest absolute Gasteiger partial charge is 0.493 e. The summed E-state index contributed by atoms with van der Waals surface area (Å²) in [7, 11) is 1.50. The fourth-order valence-corrected chi connectivity index (χ4v) is 3.02. The number of esters is 1. The molecule has 1 aliphatic rings. The molecular weight excluding hydrogens is 420 g/mol. The molecule has 0 saturated heterocycles. The molecular formula is C23H21ClN2O5. The van der Waals surface area contributed by atoms with Crippen molar-refractivity contribution in [3.05, 3.63) is 70.4 Å². The maximum atomic E-state index is 12.3. The van der Waals surface area contributed by atoms with E-state index in [1.54, 1.807) is 42.5 Å². The van der Waals surface area contributed by atoms with Crippen molar-refractivity contribution < 1.29 is 23.8 Å². The summed E-state index contributed by atoms with van der Waals surface area (Å²) in [6.07, 6.45) is 1.55. The van der Waals surface area contributed by atoms with Crippen molar-refractivity contribution in [3.63, 3.8) is 0 Å². The molecule has 1 N–H and O–H groups in total. The quantitative estimate of drug-likeness (QED) is 0.386. The second kappa shape index (κ2) is 9.49. The number of carbonyl (C=O) groups excluding carboxylic acids is 2. The predicted molar refractivity (Wildman–Crippen MR) is 120 cm³/mol. The Kier molecular flexibility index (Phi) is 6.77. The summed E-state index contributed by atoms with van der Waals surface area (Å²) < 4.78 is 16.3. The third-order valence-electron chi connectivity index (χ3n) is 4.09. The van der Waals surface area contributed by atoms with Gasteiger partial charge >= 0.3 is 5.97 Å². The van der Waals surface area contributed by atoms with Crippen molar-refractivity contribution in [2.75, 3.05) is 19.0 Å². The average Bonchev–Trinajstić information content (AvgIpc) is 3.07. The lowest BCUT2D eigenvalue weighted by molar-refractivity contribution is -0.129. The van der Waals surface area contributed by atoms with Gasteiger partial charge in [-0.1, -0.05) is 18.2 Å². The van der Waals surface area contributed by atoms with E-state index in [1.165, 1.54) is 14.0 Å². The van der Waals surface area contributed by atoms with Crippen LogP contribution < -0.4 is 14.8 Å². The highest BCUT2D eigenvalue weighted by Gasteiger charge is 2.24. The molecule has 31 heavy (non-hydrogen) atoms. The van der Waals surface area contributed by atoms with E-state index in [2.05, 4.69) is 16.9 Å². The fraction of sp³-hybridized carbons (Fsp3) is 0.174. The Morgan fingerprint density at radius 1 is 1.26 bits per heavy atom. The summed E-state index contributed by atoms with van der Waals surface area (Å²) in [5.41, 5.74) is 2.79. The van der Waals surface area contributed by atoms with Crippen LogP contribution in [0, 0.1) is 0 Å². The second-order valence-corrected chi connectivity index (χ2v) is 7.28. The molecule has 0 aliphatic carbocycles. The zero-order valence-corrected chi connectivity index (χ0v) is 18.1. The first-order chi connectivity index (χ1) is 14.8. The first-order valence-corrected chi connectivity index (χ1v) is 9.70. The van der Waals surface area contributed by atoms with E-state index in [-0.39, 0.29) is 17.5 Å². The van der Waals surface area contributed by atoms with E-state index < -0.39 is 5.97 Å². The molecule has 0 aromatic heterocycles. The summed E-state index contributed by atoms with van der Waals surface area (Å²) in [5, 5.41) is 3.00. The molecule has 7 nitrogen and oxygen atoms in total. The van der Waals surface area contributed by atoms with Crippen LogP contribution in [0.15, 0.2) is 59.2 Å². The van der Waals surface area contributed by atoms with Gasteiger partial charge < -0.3 is 19.5 Å². The molecule has 0 fully saturated rings. The summed E-state index contributed by atoms with van der Waals surface area (Å²) in [5.74, 6) is 0.230. The first-order valence-electron chi connectivity index (χ1n) is 9.32. The number of cyclic esters (lactones) is 1. The molecule has 0 saturated carbocycles. The predicted octanol–water partition coefficient (Wildman–Crippen LogP) is 4.61. The summed E-state index contributed by atoms with van der Waals surface area (Å²) in [4.78, 5) is 27.7. The van der Waals surface area contributed by atoms with Crippen molar-refractivity contribution in [1.82, 2.24) is 0 Å². The molecule has 0 unspecified atom stereocenters. The van der Waals surface area contributed by atoms with Gasteiger partial charge in [-0.3, -0.25) is 4.79 Å². The van der Waals surface area contributed by atoms with Crippen LogP contribution in [-0.2, 0) is 14.3 Å². The van der Waals surface area contributed by atoms with Crippen LogP contribution in [0.2, 0.25) is 5.02 Å². The molecule has 160 valence electrons. The number of nitrogens with one attached hydrogen (secondary N) is 1. The molecule has 0 bridgehead atoms. The van der Waals surface area contributed by atoms with Crippen LogP contribution in [0.4, 0.5) is 5.69 Å². The van der Waals surface area contributed by atoms with Crippen LogP contribution in [0.25, 0.3) is 6.08 Å². The minimum atomic E-state index is -0.585. The van der Waals surface area contributed by atoms with Gasteiger partial charge in [0, 0.05) is 18.2 Å². The Bertz CT molecular complexity index is 1100. The second-order valence-electron chi connectivity index (χ2n) is 6.87. The minimum Gasteiger partial charge on any atom is -0.493 e. The van der Waals surface area contributed by atoms with Crippen LogP contribution in [0.1, 0.15) is 25.0 Å². The van der Waals surface area contributed by atoms with E-state index in [1.807, 2.05) is 6.92 Å². The molecule has 1 aliphatic heterocycles. The highest BCUT2D eigenvalue weighted by atomic mass is 35.5. The first kappa shape index (κ1) is 22.1. The number of carbonyl (C=O) groups is 2. The van der Waals surface area contributed by atoms with Gasteiger partial charge in [0.05, 0.1) is 12.1 Å². The molecule has 8 heteroatoms. The number of benzene rings is 2. The Morgan fingerprint density at radius 2 is 1.97 bits per heavy atom. The van der Waals surface area contributed by atoms with Gasteiger partial charge in [-0.05, 0) is 60.5 Å². The molecule has 0 spiro atoms. The number of aliphatic imine (C=N–C) groups is 1. The van der Waals surface area contributed by atoms with E-state index in [9.17, 15) is 9.59 Å². The topological polar surface area (TPSA) is 86.2 Å². The van der Waals surface area contributed by atoms with Gasteiger partial charge in [0.25, 0.3) is 0 Å². The van der Waals surface area contributed by atoms with Crippen molar-refractivity contribution in [3.8, 4) is 11.5 Å². The van der Waals surface area contributed by atoms with E-state index >= 15 is 0 Å². The molecule has 2 aromatic rings. The van der Waals surface area contributed by atoms with Crippen molar-refractivity contribution in [2.24, 2.45) is 4.99 Å². The van der Waals surface area contributed by atoms with Gasteiger partial charge in [-0.25, -0.2) is 9.79 Å². The van der Waals surface area contributed by atoms with E-state index in [0.717, 1.165) is 5.57 Å². The SMILES string of the molecule is C=C(C)COc1c(Cl)cc(/C=C2\N=C(c3ccc(NC(C)=O)cc3)OC2=O)cc1OC. The van der Waals surface area contributed by atoms with Crippen molar-refractivity contribution in [1.29, 1.82) is 0 Å². The van der Waals surface area contributed by atoms with E-state index in [4.69, 9.17) is 25.8 Å². The molecule has 1 amide bonds. The van der Waals surface area contributed by atoms with Gasteiger partial charge in [0.2, 0.25) is 11.8 Å². The van der Waals surface area contributed by atoms with Crippen LogP contribution in [0.5, 0.6) is 11.5 Å². The van der Waals surface area contributed by atoms with Gasteiger partial charge in [-0.2, -0.15) is 0 Å². The third kappa shape index (κ3) is 5.52. The molecule has 0 atom stereocenters. The lowest BCUT2D eigenvalue weighted by Crippen LogP contribution is -2.07. The number of rotatable bonds is 7. The Hall–Kier alpha value is -3.58. The zero-order valence-electron chi connectivity index (χ0n) is 17.3. The maximum absolute atomic E-state index is 12.3.